The molecule has 2 aromatic heterocycles. The molecular weight excluding hydrogens is 306 g/mol. The number of nitrogens with one attached hydrogen (secondary N) is 1. The molecule has 0 bridgehead atoms. The third kappa shape index (κ3) is 1.45. The summed E-state index contributed by atoms with van der Waals surface area (Å²) in [5.74, 6) is 0. The van der Waals surface area contributed by atoms with Crippen LogP contribution in [0.3, 0.4) is 0 Å². The smallest absolute Gasteiger partial charge is 0.292 e. The minimum atomic E-state index is -0.175. The summed E-state index contributed by atoms with van der Waals surface area (Å²) in [5.41, 5.74) is 3.73. The van der Waals surface area contributed by atoms with E-state index < -0.39 is 0 Å². The van der Waals surface area contributed by atoms with E-state index in [0.717, 1.165) is 26.5 Å². The summed E-state index contributed by atoms with van der Waals surface area (Å²) in [6.07, 6.45) is 0. The Kier molecular flexibility index (Phi) is 2.08. The number of nitrogens with zero attached hydrogens (tertiary/aromatic N) is 2. The van der Waals surface area contributed by atoms with Gasteiger partial charge in [-0.3, -0.25) is 9.20 Å². The highest BCUT2D eigenvalue weighted by Gasteiger charge is 2.11. The Morgan fingerprint density at radius 3 is 2.84 bits per heavy atom. The first-order chi connectivity index (χ1) is 9.24. The van der Waals surface area contributed by atoms with E-state index in [9.17, 15) is 4.79 Å². The third-order valence-corrected chi connectivity index (χ3v) is 3.71. The molecule has 0 fully saturated rings. The highest BCUT2D eigenvalue weighted by Crippen LogP contribution is 2.22. The van der Waals surface area contributed by atoms with Crippen LogP contribution in [0.4, 0.5) is 0 Å². The van der Waals surface area contributed by atoms with Crippen molar-refractivity contribution in [1.29, 1.82) is 0 Å². The number of halogens is 1. The van der Waals surface area contributed by atoms with E-state index in [4.69, 9.17) is 0 Å². The molecule has 0 saturated heterocycles. The zero-order chi connectivity index (χ0) is 13.0. The molecule has 1 N–H and O–H groups in total. The number of H-pyrrole nitrogens is 1. The van der Waals surface area contributed by atoms with Gasteiger partial charge in [-0.05, 0) is 30.3 Å². The topological polar surface area (TPSA) is 50.2 Å². The predicted octanol–water partition coefficient (Wildman–Crippen LogP) is 3.09. The average molecular weight is 314 g/mol. The molecule has 0 atom stereocenters. The number of para-hydroxylation sites is 2. The molecule has 0 amide bonds. The lowest BCUT2D eigenvalue weighted by Gasteiger charge is -2.03. The van der Waals surface area contributed by atoms with E-state index in [-0.39, 0.29) is 5.56 Å². The second-order valence-corrected chi connectivity index (χ2v) is 5.29. The summed E-state index contributed by atoms with van der Waals surface area (Å²) >= 11 is 3.46. The Hall–Kier alpha value is -2.14. The van der Waals surface area contributed by atoms with E-state index >= 15 is 0 Å². The van der Waals surface area contributed by atoms with E-state index in [2.05, 4.69) is 25.9 Å². The van der Waals surface area contributed by atoms with Gasteiger partial charge in [0.2, 0.25) is 5.65 Å². The number of hydrogen-bond acceptors (Lipinski definition) is 2. The lowest BCUT2D eigenvalue weighted by molar-refractivity contribution is 1.19. The van der Waals surface area contributed by atoms with E-state index in [1.54, 1.807) is 0 Å². The largest absolute Gasteiger partial charge is 0.317 e. The van der Waals surface area contributed by atoms with Crippen LogP contribution < -0.4 is 5.56 Å². The zero-order valence-electron chi connectivity index (χ0n) is 9.72. The van der Waals surface area contributed by atoms with Crippen molar-refractivity contribution in [1.82, 2.24) is 14.4 Å². The molecule has 19 heavy (non-hydrogen) atoms. The summed E-state index contributed by atoms with van der Waals surface area (Å²) in [6, 6.07) is 13.5. The van der Waals surface area contributed by atoms with Crippen molar-refractivity contribution in [3.63, 3.8) is 0 Å². The SMILES string of the molecule is O=c1[nH]c2ccc(Br)cc2n2c1nc1ccccc12. The first kappa shape index (κ1) is 10.8. The van der Waals surface area contributed by atoms with Crippen LogP contribution in [-0.2, 0) is 0 Å². The van der Waals surface area contributed by atoms with E-state index in [1.165, 1.54) is 0 Å². The lowest BCUT2D eigenvalue weighted by Crippen LogP contribution is -2.10. The monoisotopic (exact) mass is 313 g/mol. The van der Waals surface area contributed by atoms with Crippen molar-refractivity contribution < 1.29 is 0 Å². The number of imidazole rings is 1. The van der Waals surface area contributed by atoms with Crippen LogP contribution in [0.25, 0.3) is 27.7 Å². The van der Waals surface area contributed by atoms with Crippen LogP contribution in [-0.4, -0.2) is 14.4 Å². The summed E-state index contributed by atoms with van der Waals surface area (Å²) in [6.45, 7) is 0. The van der Waals surface area contributed by atoms with Gasteiger partial charge < -0.3 is 4.98 Å². The molecule has 0 spiro atoms. The fourth-order valence-corrected chi connectivity index (χ4v) is 2.74. The van der Waals surface area contributed by atoms with Gasteiger partial charge in [-0.1, -0.05) is 28.1 Å². The lowest BCUT2D eigenvalue weighted by atomic mass is 10.3. The van der Waals surface area contributed by atoms with Gasteiger partial charge in [0.05, 0.1) is 22.1 Å². The molecule has 0 aliphatic rings. The van der Waals surface area contributed by atoms with Crippen molar-refractivity contribution in [3.8, 4) is 0 Å². The zero-order valence-corrected chi connectivity index (χ0v) is 11.3. The Morgan fingerprint density at radius 1 is 1.11 bits per heavy atom. The summed E-state index contributed by atoms with van der Waals surface area (Å²) < 4.78 is 2.86. The maximum absolute atomic E-state index is 12.1. The van der Waals surface area contributed by atoms with Crippen molar-refractivity contribution in [2.24, 2.45) is 0 Å². The Bertz CT molecular complexity index is 1000. The number of fused-ring (bicyclic) bond motifs is 5. The number of hydrogen-bond donors (Lipinski definition) is 1. The Labute approximate surface area is 115 Å². The second-order valence-electron chi connectivity index (χ2n) is 4.38. The number of rotatable bonds is 0. The van der Waals surface area contributed by atoms with Gasteiger partial charge >= 0.3 is 0 Å². The first-order valence-electron chi connectivity index (χ1n) is 5.83. The fourth-order valence-electron chi connectivity index (χ4n) is 2.40. The van der Waals surface area contributed by atoms with Crippen LogP contribution in [0.1, 0.15) is 0 Å². The van der Waals surface area contributed by atoms with Gasteiger partial charge in [0, 0.05) is 4.47 Å². The fraction of sp³-hybridized carbons (Fsp3) is 0. The average Bonchev–Trinajstić information content (AvgIpc) is 2.80. The quantitative estimate of drug-likeness (QED) is 0.542. The first-order valence-corrected chi connectivity index (χ1v) is 6.62. The maximum atomic E-state index is 12.1. The highest BCUT2D eigenvalue weighted by molar-refractivity contribution is 9.10. The molecule has 0 radical (unpaired) electrons. The van der Waals surface area contributed by atoms with Crippen molar-refractivity contribution in [3.05, 3.63) is 57.3 Å². The molecule has 92 valence electrons. The molecule has 5 heteroatoms. The van der Waals surface area contributed by atoms with E-state index in [0.29, 0.717) is 5.65 Å². The normalized spacial score (nSPS) is 11.6. The molecule has 0 aliphatic heterocycles. The molecule has 2 heterocycles. The molecule has 0 unspecified atom stereocenters. The van der Waals surface area contributed by atoms with Crippen molar-refractivity contribution in [2.75, 3.05) is 0 Å². The minimum Gasteiger partial charge on any atom is -0.317 e. The summed E-state index contributed by atoms with van der Waals surface area (Å²) in [4.78, 5) is 19.4. The summed E-state index contributed by atoms with van der Waals surface area (Å²) in [5, 5.41) is 0. The number of aromatic amines is 1. The maximum Gasteiger partial charge on any atom is 0.292 e. The van der Waals surface area contributed by atoms with Crippen LogP contribution >= 0.6 is 15.9 Å². The number of benzene rings is 2. The van der Waals surface area contributed by atoms with Gasteiger partial charge in [0.25, 0.3) is 5.56 Å². The van der Waals surface area contributed by atoms with Crippen LogP contribution in [0.2, 0.25) is 0 Å². The van der Waals surface area contributed by atoms with Gasteiger partial charge in [-0.2, -0.15) is 0 Å². The van der Waals surface area contributed by atoms with Gasteiger partial charge in [-0.15, -0.1) is 0 Å². The molecule has 0 saturated carbocycles. The number of aromatic nitrogens is 3. The molecule has 2 aromatic carbocycles. The van der Waals surface area contributed by atoms with Crippen molar-refractivity contribution in [2.45, 2.75) is 0 Å². The van der Waals surface area contributed by atoms with Gasteiger partial charge in [0.15, 0.2) is 0 Å². The Balaban J connectivity index is 2.42. The van der Waals surface area contributed by atoms with Gasteiger partial charge in [0.1, 0.15) is 0 Å². The standard InChI is InChI=1S/C14H8BrN3O/c15-8-5-6-10-12(7-8)18-11-4-2-1-3-9(11)16-13(18)14(19)17-10/h1-7H,(H,17,19). The highest BCUT2D eigenvalue weighted by atomic mass is 79.9. The second kappa shape index (κ2) is 3.68. The molecular formula is C14H8BrN3O. The van der Waals surface area contributed by atoms with Gasteiger partial charge in [-0.25, -0.2) is 4.98 Å². The third-order valence-electron chi connectivity index (χ3n) is 3.21. The molecule has 4 rings (SSSR count). The summed E-state index contributed by atoms with van der Waals surface area (Å²) in [7, 11) is 0. The van der Waals surface area contributed by atoms with Crippen LogP contribution in [0.5, 0.6) is 0 Å². The Morgan fingerprint density at radius 2 is 1.95 bits per heavy atom. The van der Waals surface area contributed by atoms with Crippen molar-refractivity contribution >= 4 is 43.6 Å². The molecule has 0 aliphatic carbocycles. The predicted molar refractivity (Wildman–Crippen MR) is 78.5 cm³/mol. The molecule has 4 aromatic rings. The van der Waals surface area contributed by atoms with Crippen LogP contribution in [0, 0.1) is 0 Å². The minimum absolute atomic E-state index is 0.175. The van der Waals surface area contributed by atoms with E-state index in [1.807, 2.05) is 46.9 Å². The van der Waals surface area contributed by atoms with Crippen LogP contribution in [0.15, 0.2) is 51.7 Å². The molecule has 4 nitrogen and oxygen atoms in total.